The Bertz CT molecular complexity index is 2700. The van der Waals surface area contributed by atoms with Crippen molar-refractivity contribution in [3.8, 4) is 0 Å². The Morgan fingerprint density at radius 3 is 1.58 bits per heavy atom. The summed E-state index contributed by atoms with van der Waals surface area (Å²) < 4.78 is 82.3. The number of ether oxygens (including phenoxy) is 3. The Hall–Kier alpha value is -4.44. The molecule has 7 rings (SSSR count). The number of imidazole rings is 1. The highest BCUT2D eigenvalue weighted by molar-refractivity contribution is 7.47. The van der Waals surface area contributed by atoms with Gasteiger partial charge in [-0.25, -0.2) is 28.3 Å². The first-order valence-electron chi connectivity index (χ1n) is 18.0. The summed E-state index contributed by atoms with van der Waals surface area (Å²) in [5, 5.41) is 43.9. The number of fused-ring (bicyclic) bond motifs is 1. The number of nitrogens with one attached hydrogen (secondary N) is 1. The van der Waals surface area contributed by atoms with E-state index in [-0.39, 0.29) is 28.7 Å². The van der Waals surface area contributed by atoms with Gasteiger partial charge >= 0.3 is 34.8 Å². The molecule has 15 N–H and O–H groups in total. The molecule has 2 unspecified atom stereocenters. The highest BCUT2D eigenvalue weighted by Gasteiger charge is 2.53. The molecule has 36 heteroatoms. The van der Waals surface area contributed by atoms with Gasteiger partial charge in [0, 0.05) is 12.4 Å². The van der Waals surface area contributed by atoms with Gasteiger partial charge < -0.3 is 71.4 Å². The Balaban J connectivity index is 1.07. The smallest absolute Gasteiger partial charge is 0.387 e. The lowest BCUT2D eigenvalue weighted by Crippen LogP contribution is -2.39. The van der Waals surface area contributed by atoms with Crippen molar-refractivity contribution in [1.29, 1.82) is 0 Å². The van der Waals surface area contributed by atoms with Gasteiger partial charge in [-0.2, -0.15) is 15.0 Å². The average Bonchev–Trinajstić information content (AvgIpc) is 3.92. The van der Waals surface area contributed by atoms with Gasteiger partial charge in [0.2, 0.25) is 5.95 Å². The summed E-state index contributed by atoms with van der Waals surface area (Å²) in [5.74, 6) is -0.805. The molecule has 0 spiro atoms. The minimum absolute atomic E-state index is 0.153. The van der Waals surface area contributed by atoms with Crippen LogP contribution in [0.4, 0.5) is 17.6 Å². The highest BCUT2D eigenvalue weighted by atomic mass is 31.2. The number of phosphoric acid groups is 3. The normalized spacial score (nSPS) is 31.6. The number of H-pyrrole nitrogens is 1. The van der Waals surface area contributed by atoms with Crippen LogP contribution in [0.2, 0.25) is 0 Å². The number of anilines is 3. The van der Waals surface area contributed by atoms with Crippen LogP contribution in [0.15, 0.2) is 45.2 Å². The molecule has 4 aromatic heterocycles. The Morgan fingerprint density at radius 2 is 1.09 bits per heavy atom. The van der Waals surface area contributed by atoms with Gasteiger partial charge in [0.05, 0.1) is 26.1 Å². The first-order valence-corrected chi connectivity index (χ1v) is 22.6. The monoisotopic (exact) mass is 973 g/mol. The SMILES string of the molecule is Nc1ccn([C@@H]2O[C@H](COP(=O)(O)O)[C@@H](OP(=O)(O)OC[C@H]3O[C@@H](n4ccc(N)nc4=O)[C@H](O)[C@@H]3OP(=O)(O)OC[C@H]3O[C@@H](n4cnc5c(=O)[nH]c(N)nc54)[C@H](O)[C@@H]3O)[C@H]2O)c(=O)n1. The topological polar surface area (TPSA) is 498 Å². The van der Waals surface area contributed by atoms with Gasteiger partial charge in [0.15, 0.2) is 29.8 Å². The van der Waals surface area contributed by atoms with E-state index in [2.05, 4.69) is 29.4 Å². The standard InChI is InChI=1S/C28H38N11O22P3/c29-12-1-3-37(27(45)33-12)24-17(42)19(10(58-24)6-54-62(47,48)49)60-64(52,53)56-7-11-20(18(43)25(59-11)38-4-2-13(30)34-28(38)46)61-63(50,51)55-5-9-15(40)16(41)23(57-9)39-8-32-14-21(39)35-26(31)36-22(14)44/h1-4,8-11,15-20,23-25,40-43H,5-7H2,(H,50,51)(H,52,53)(H2,29,33,45)(H2,30,34,46)(H2,47,48,49)(H3,31,35,36,44)/t9-,10-,11-,15-,16-,17-,18-,19-,20-,23-,24-,25-/m1/s1. The number of aliphatic hydroxyl groups excluding tert-OH is 4. The van der Waals surface area contributed by atoms with Crippen molar-refractivity contribution < 1.29 is 90.5 Å². The third kappa shape index (κ3) is 10.2. The molecule has 7 heterocycles. The molecule has 3 fully saturated rings. The van der Waals surface area contributed by atoms with Gasteiger partial charge in [-0.15, -0.1) is 0 Å². The molecule has 3 aliphatic heterocycles. The summed E-state index contributed by atoms with van der Waals surface area (Å²) in [6.07, 6.45) is -19.3. The summed E-state index contributed by atoms with van der Waals surface area (Å²) in [4.78, 5) is 94.6. The largest absolute Gasteiger partial charge is 0.472 e. The number of aliphatic hydroxyl groups is 4. The van der Waals surface area contributed by atoms with E-state index in [0.29, 0.717) is 9.13 Å². The number of nitrogens with zero attached hydrogens (tertiary/aromatic N) is 7. The maximum atomic E-state index is 13.4. The van der Waals surface area contributed by atoms with E-state index in [1.54, 1.807) is 0 Å². The van der Waals surface area contributed by atoms with E-state index in [0.717, 1.165) is 35.4 Å². The summed E-state index contributed by atoms with van der Waals surface area (Å²) in [7, 11) is -16.3. The molecule has 352 valence electrons. The first kappa shape index (κ1) is 47.5. The first-order chi connectivity index (χ1) is 29.9. The number of phosphoric ester groups is 3. The van der Waals surface area contributed by atoms with Crippen LogP contribution in [0.3, 0.4) is 0 Å². The zero-order chi connectivity index (χ0) is 46.6. The molecule has 0 radical (unpaired) electrons. The summed E-state index contributed by atoms with van der Waals surface area (Å²) in [6.45, 7) is -3.31. The molecule has 0 saturated carbocycles. The lowest BCUT2D eigenvalue weighted by molar-refractivity contribution is -0.0632. The van der Waals surface area contributed by atoms with Crippen molar-refractivity contribution >= 4 is 52.2 Å². The fourth-order valence-corrected chi connectivity index (χ4v) is 9.04. The zero-order valence-electron chi connectivity index (χ0n) is 31.9. The number of hydrogen-bond acceptors (Lipinski definition) is 25. The van der Waals surface area contributed by atoms with Crippen LogP contribution in [0.25, 0.3) is 11.2 Å². The van der Waals surface area contributed by atoms with Gasteiger partial charge in [-0.05, 0) is 12.1 Å². The van der Waals surface area contributed by atoms with E-state index >= 15 is 0 Å². The maximum absolute atomic E-state index is 13.4. The molecule has 33 nitrogen and oxygen atoms in total. The number of aromatic amines is 1. The quantitative estimate of drug-likeness (QED) is 0.0466. The van der Waals surface area contributed by atoms with Crippen LogP contribution >= 0.6 is 23.5 Å². The maximum Gasteiger partial charge on any atom is 0.472 e. The number of nitrogens with two attached hydrogens (primary N) is 3. The minimum atomic E-state index is -5.56. The van der Waals surface area contributed by atoms with Crippen molar-refractivity contribution in [3.63, 3.8) is 0 Å². The predicted molar refractivity (Wildman–Crippen MR) is 203 cm³/mol. The van der Waals surface area contributed by atoms with E-state index in [4.69, 9.17) is 49.5 Å². The van der Waals surface area contributed by atoms with Crippen LogP contribution in [-0.2, 0) is 50.5 Å². The van der Waals surface area contributed by atoms with Crippen molar-refractivity contribution in [2.75, 3.05) is 37.0 Å². The van der Waals surface area contributed by atoms with Crippen LogP contribution in [0.1, 0.15) is 18.7 Å². The Kier molecular flexibility index (Phi) is 13.4. The van der Waals surface area contributed by atoms with Crippen LogP contribution in [0, 0.1) is 0 Å². The number of rotatable bonds is 16. The number of hydrogen-bond donors (Lipinski definition) is 12. The Labute approximate surface area is 353 Å². The Morgan fingerprint density at radius 1 is 0.641 bits per heavy atom. The van der Waals surface area contributed by atoms with E-state index in [1.807, 2.05) is 0 Å². The number of aromatic nitrogens is 8. The molecular weight excluding hydrogens is 935 g/mol. The van der Waals surface area contributed by atoms with Gasteiger partial charge in [0.1, 0.15) is 66.6 Å². The van der Waals surface area contributed by atoms with Crippen LogP contribution in [0.5, 0.6) is 0 Å². The van der Waals surface area contributed by atoms with Crippen molar-refractivity contribution in [2.24, 2.45) is 0 Å². The second-order valence-electron chi connectivity index (χ2n) is 14.0. The van der Waals surface area contributed by atoms with Gasteiger partial charge in [0.25, 0.3) is 5.56 Å². The molecule has 0 amide bonds. The molecular formula is C28H38N11O22P3. The molecule has 0 aromatic carbocycles. The average molecular weight is 974 g/mol. The van der Waals surface area contributed by atoms with Crippen LogP contribution in [-0.4, -0.2) is 153 Å². The third-order valence-electron chi connectivity index (χ3n) is 9.65. The summed E-state index contributed by atoms with van der Waals surface area (Å²) in [5.41, 5.74) is 13.4. The van der Waals surface area contributed by atoms with E-state index < -0.39 is 134 Å². The fraction of sp³-hybridized carbons (Fsp3) is 0.536. The predicted octanol–water partition coefficient (Wildman–Crippen LogP) is -5.37. The summed E-state index contributed by atoms with van der Waals surface area (Å²) >= 11 is 0. The second-order valence-corrected chi connectivity index (χ2v) is 18.0. The molecule has 64 heavy (non-hydrogen) atoms. The summed E-state index contributed by atoms with van der Waals surface area (Å²) in [6, 6.07) is 2.23. The lowest BCUT2D eigenvalue weighted by Gasteiger charge is -2.26. The van der Waals surface area contributed by atoms with E-state index in [9.17, 15) is 68.1 Å². The van der Waals surface area contributed by atoms with E-state index in [1.165, 1.54) is 0 Å². The molecule has 4 aromatic rings. The van der Waals surface area contributed by atoms with Gasteiger partial charge in [-0.1, -0.05) is 0 Å². The molecule has 0 aliphatic carbocycles. The molecule has 3 aliphatic rings. The fourth-order valence-electron chi connectivity index (χ4n) is 6.77. The van der Waals surface area contributed by atoms with Crippen molar-refractivity contribution in [2.45, 2.75) is 73.6 Å². The zero-order valence-corrected chi connectivity index (χ0v) is 34.6. The van der Waals surface area contributed by atoms with Crippen molar-refractivity contribution in [3.05, 3.63) is 62.2 Å². The third-order valence-corrected chi connectivity index (χ3v) is 12.1. The minimum Gasteiger partial charge on any atom is -0.387 e. The van der Waals surface area contributed by atoms with Crippen molar-refractivity contribution in [1.82, 2.24) is 38.6 Å². The van der Waals surface area contributed by atoms with Gasteiger partial charge in [-0.3, -0.25) is 46.1 Å². The highest BCUT2D eigenvalue weighted by Crippen LogP contribution is 2.52. The molecule has 3 saturated heterocycles. The van der Waals surface area contributed by atoms with Crippen LogP contribution < -0.4 is 34.1 Å². The lowest BCUT2D eigenvalue weighted by atomic mass is 10.1. The second kappa shape index (κ2) is 18.1. The molecule has 0 bridgehead atoms. The molecule has 14 atom stereocenters. The number of nitrogen functional groups attached to an aromatic ring is 3.